The van der Waals surface area contributed by atoms with Gasteiger partial charge in [0.25, 0.3) is 0 Å². The average Bonchev–Trinajstić information content (AvgIpc) is 2.92. The number of hydrogen-bond acceptors (Lipinski definition) is 1. The number of ether oxygens (including phenoxy) is 1. The van der Waals surface area contributed by atoms with Gasteiger partial charge >= 0.3 is 0 Å². The van der Waals surface area contributed by atoms with E-state index in [4.69, 9.17) is 4.74 Å². The maximum absolute atomic E-state index is 6.48. The summed E-state index contributed by atoms with van der Waals surface area (Å²) in [5.41, 5.74) is 1.40. The molecule has 0 amide bonds. The van der Waals surface area contributed by atoms with E-state index in [0.717, 1.165) is 25.9 Å². The highest BCUT2D eigenvalue weighted by Crippen LogP contribution is 2.43. The molecule has 0 radical (unpaired) electrons. The van der Waals surface area contributed by atoms with Gasteiger partial charge in [-0.15, -0.1) is 0 Å². The van der Waals surface area contributed by atoms with Crippen molar-refractivity contribution in [2.75, 3.05) is 6.61 Å². The lowest BCUT2D eigenvalue weighted by molar-refractivity contribution is 0.0381. The predicted octanol–water partition coefficient (Wildman–Crippen LogP) is 4.73. The molecule has 104 valence electrons. The zero-order valence-corrected chi connectivity index (χ0v) is 13.7. The fraction of sp³-hybridized carbons (Fsp3) is 0.529. The van der Waals surface area contributed by atoms with Crippen LogP contribution in [0.3, 0.4) is 0 Å². The van der Waals surface area contributed by atoms with Crippen molar-refractivity contribution < 1.29 is 4.74 Å². The van der Waals surface area contributed by atoms with Gasteiger partial charge < -0.3 is 4.74 Å². The SMILES string of the molecule is CCCOC1([Si](C)(C)C2=CCC=C2)CC=CC=C1C. The summed E-state index contributed by atoms with van der Waals surface area (Å²) in [5, 5.41) is 1.49. The van der Waals surface area contributed by atoms with Gasteiger partial charge in [0.05, 0.1) is 5.22 Å². The van der Waals surface area contributed by atoms with Crippen LogP contribution in [-0.4, -0.2) is 19.9 Å². The average molecular weight is 274 g/mol. The summed E-state index contributed by atoms with van der Waals surface area (Å²) >= 11 is 0. The summed E-state index contributed by atoms with van der Waals surface area (Å²) in [4.78, 5) is 0. The van der Waals surface area contributed by atoms with Gasteiger partial charge in [0, 0.05) is 6.61 Å². The standard InChI is InChI=1S/C17H26OSi/c1-5-14-18-17(13-9-8-10-15(17)2)19(3,4)16-11-6-7-12-16/h6,8-12H,5,7,13-14H2,1-4H3. The molecule has 19 heavy (non-hydrogen) atoms. The summed E-state index contributed by atoms with van der Waals surface area (Å²) < 4.78 is 6.48. The van der Waals surface area contributed by atoms with Crippen LogP contribution < -0.4 is 0 Å². The normalized spacial score (nSPS) is 26.5. The Morgan fingerprint density at radius 1 is 1.32 bits per heavy atom. The minimum atomic E-state index is -1.69. The second-order valence-electron chi connectivity index (χ2n) is 6.08. The molecule has 0 aromatic heterocycles. The van der Waals surface area contributed by atoms with Crippen molar-refractivity contribution in [3.05, 3.63) is 47.2 Å². The van der Waals surface area contributed by atoms with Gasteiger partial charge in [0.1, 0.15) is 8.07 Å². The van der Waals surface area contributed by atoms with E-state index in [1.54, 1.807) is 5.20 Å². The lowest BCUT2D eigenvalue weighted by Crippen LogP contribution is -2.58. The van der Waals surface area contributed by atoms with E-state index in [9.17, 15) is 0 Å². The van der Waals surface area contributed by atoms with E-state index in [0.29, 0.717) is 0 Å². The highest BCUT2D eigenvalue weighted by Gasteiger charge is 2.50. The van der Waals surface area contributed by atoms with E-state index in [1.165, 1.54) is 5.57 Å². The van der Waals surface area contributed by atoms with Crippen LogP contribution in [0.5, 0.6) is 0 Å². The number of hydrogen-bond donors (Lipinski definition) is 0. The van der Waals surface area contributed by atoms with Gasteiger partial charge in [-0.1, -0.05) is 61.7 Å². The third-order valence-electron chi connectivity index (χ3n) is 4.58. The summed E-state index contributed by atoms with van der Waals surface area (Å²) in [6, 6.07) is 0. The minimum Gasteiger partial charge on any atom is -0.374 e. The first-order valence-corrected chi connectivity index (χ1v) is 10.4. The van der Waals surface area contributed by atoms with Gasteiger partial charge in [-0.05, 0) is 31.8 Å². The van der Waals surface area contributed by atoms with Crippen molar-refractivity contribution in [2.45, 2.75) is 51.4 Å². The number of rotatable bonds is 5. The smallest absolute Gasteiger partial charge is 0.122 e. The van der Waals surface area contributed by atoms with Crippen LogP contribution in [0.25, 0.3) is 0 Å². The first-order valence-electron chi connectivity index (χ1n) is 7.39. The molecule has 0 saturated carbocycles. The molecule has 0 bridgehead atoms. The molecule has 0 saturated heterocycles. The second-order valence-corrected chi connectivity index (χ2v) is 10.7. The van der Waals surface area contributed by atoms with Crippen LogP contribution in [0.1, 0.15) is 33.1 Å². The van der Waals surface area contributed by atoms with Crippen molar-refractivity contribution in [3.63, 3.8) is 0 Å². The second kappa shape index (κ2) is 5.64. The zero-order chi connectivity index (χ0) is 13.9. The molecule has 0 fully saturated rings. The highest BCUT2D eigenvalue weighted by atomic mass is 28.3. The van der Waals surface area contributed by atoms with Gasteiger partial charge in [-0.3, -0.25) is 0 Å². The maximum atomic E-state index is 6.48. The van der Waals surface area contributed by atoms with E-state index in [-0.39, 0.29) is 5.22 Å². The van der Waals surface area contributed by atoms with Crippen LogP contribution in [0, 0.1) is 0 Å². The van der Waals surface area contributed by atoms with Crippen LogP contribution in [0.15, 0.2) is 47.2 Å². The molecule has 0 heterocycles. The summed E-state index contributed by atoms with van der Waals surface area (Å²) in [6.07, 6.45) is 16.9. The third-order valence-corrected chi connectivity index (χ3v) is 9.16. The van der Waals surface area contributed by atoms with E-state index in [2.05, 4.69) is 63.4 Å². The quantitative estimate of drug-likeness (QED) is 0.658. The Kier molecular flexibility index (Phi) is 4.31. The van der Waals surface area contributed by atoms with Crippen LogP contribution >= 0.6 is 0 Å². The Hall–Kier alpha value is -0.863. The van der Waals surface area contributed by atoms with E-state index in [1.807, 2.05) is 0 Å². The van der Waals surface area contributed by atoms with Crippen molar-refractivity contribution in [3.8, 4) is 0 Å². The monoisotopic (exact) mass is 274 g/mol. The summed E-state index contributed by atoms with van der Waals surface area (Å²) in [5.74, 6) is 0. The largest absolute Gasteiger partial charge is 0.374 e. The fourth-order valence-electron chi connectivity index (χ4n) is 3.27. The fourth-order valence-corrected chi connectivity index (χ4v) is 7.06. The maximum Gasteiger partial charge on any atom is 0.122 e. The van der Waals surface area contributed by atoms with Gasteiger partial charge in [-0.2, -0.15) is 0 Å². The predicted molar refractivity (Wildman–Crippen MR) is 85.8 cm³/mol. The van der Waals surface area contributed by atoms with Crippen molar-refractivity contribution in [1.29, 1.82) is 0 Å². The van der Waals surface area contributed by atoms with Gasteiger partial charge in [0.15, 0.2) is 0 Å². The Bertz CT molecular complexity index is 454. The molecule has 2 aliphatic carbocycles. The molecule has 2 rings (SSSR count). The molecule has 0 aromatic rings. The Balaban J connectivity index is 2.40. The van der Waals surface area contributed by atoms with Crippen LogP contribution in [0.4, 0.5) is 0 Å². The van der Waals surface area contributed by atoms with Crippen LogP contribution in [-0.2, 0) is 4.74 Å². The van der Waals surface area contributed by atoms with Crippen molar-refractivity contribution in [2.24, 2.45) is 0 Å². The molecule has 2 aliphatic rings. The first-order chi connectivity index (χ1) is 9.04. The van der Waals surface area contributed by atoms with Gasteiger partial charge in [-0.25, -0.2) is 0 Å². The Morgan fingerprint density at radius 2 is 2.11 bits per heavy atom. The molecule has 1 unspecified atom stereocenters. The molecule has 0 aromatic carbocycles. The summed E-state index contributed by atoms with van der Waals surface area (Å²) in [6.45, 7) is 10.2. The molecule has 0 spiro atoms. The Morgan fingerprint density at radius 3 is 2.68 bits per heavy atom. The molecule has 0 N–H and O–H groups in total. The molecule has 2 heteroatoms. The lowest BCUT2D eigenvalue weighted by atomic mass is 10.0. The van der Waals surface area contributed by atoms with E-state index >= 15 is 0 Å². The molecular formula is C17H26OSi. The molecule has 0 aliphatic heterocycles. The third kappa shape index (κ3) is 2.44. The minimum absolute atomic E-state index is 0.0573. The Labute approximate surface area is 118 Å². The molecule has 1 atom stereocenters. The highest BCUT2D eigenvalue weighted by molar-refractivity contribution is 6.88. The zero-order valence-electron chi connectivity index (χ0n) is 12.7. The summed E-state index contributed by atoms with van der Waals surface area (Å²) in [7, 11) is -1.69. The number of allylic oxidation sites excluding steroid dienone is 6. The van der Waals surface area contributed by atoms with Crippen molar-refractivity contribution in [1.82, 2.24) is 0 Å². The van der Waals surface area contributed by atoms with Crippen molar-refractivity contribution >= 4 is 8.07 Å². The topological polar surface area (TPSA) is 9.23 Å². The van der Waals surface area contributed by atoms with Gasteiger partial charge in [0.2, 0.25) is 0 Å². The van der Waals surface area contributed by atoms with E-state index < -0.39 is 8.07 Å². The lowest BCUT2D eigenvalue weighted by Gasteiger charge is -2.47. The molecule has 1 nitrogen and oxygen atoms in total. The molecular weight excluding hydrogens is 248 g/mol. The van der Waals surface area contributed by atoms with Crippen LogP contribution in [0.2, 0.25) is 13.1 Å². The first kappa shape index (κ1) is 14.5.